The van der Waals surface area contributed by atoms with Crippen LogP contribution in [0, 0.1) is 6.92 Å². The Balaban J connectivity index is 1.51. The normalized spacial score (nSPS) is 20.1. The lowest BCUT2D eigenvalue weighted by Crippen LogP contribution is -2.52. The summed E-state index contributed by atoms with van der Waals surface area (Å²) < 4.78 is 39.0. The molecule has 166 valence electrons. The van der Waals surface area contributed by atoms with Crippen LogP contribution in [0.5, 0.6) is 11.5 Å². The average Bonchev–Trinajstić information content (AvgIpc) is 2.79. The molecule has 0 aliphatic carbocycles. The Morgan fingerprint density at radius 1 is 1.06 bits per heavy atom. The van der Waals surface area contributed by atoms with E-state index in [4.69, 9.17) is 9.47 Å². The maximum Gasteiger partial charge on any atom is 0.243 e. The number of ether oxygens (including phenoxy) is 2. The van der Waals surface area contributed by atoms with Gasteiger partial charge in [-0.15, -0.1) is 0 Å². The van der Waals surface area contributed by atoms with Crippen molar-refractivity contribution in [2.24, 2.45) is 0 Å². The molecule has 2 aromatic rings. The van der Waals surface area contributed by atoms with Gasteiger partial charge in [0, 0.05) is 6.54 Å². The summed E-state index contributed by atoms with van der Waals surface area (Å²) in [5, 5.41) is 2.99. The number of carbonyl (C=O) groups excluding carboxylic acids is 1. The van der Waals surface area contributed by atoms with E-state index in [9.17, 15) is 13.2 Å². The number of hydrogen-bond acceptors (Lipinski definition) is 5. The van der Waals surface area contributed by atoms with Crippen LogP contribution in [-0.2, 0) is 14.8 Å². The van der Waals surface area contributed by atoms with Gasteiger partial charge in [-0.05, 0) is 56.5 Å². The molecule has 1 amide bonds. The topological polar surface area (TPSA) is 84.9 Å². The number of piperidine rings is 1. The molecule has 1 fully saturated rings. The van der Waals surface area contributed by atoms with Crippen molar-refractivity contribution in [3.8, 4) is 11.5 Å². The highest BCUT2D eigenvalue weighted by Gasteiger charge is 2.38. The molecule has 0 spiro atoms. The fourth-order valence-corrected chi connectivity index (χ4v) is 5.68. The van der Waals surface area contributed by atoms with Gasteiger partial charge in [0.1, 0.15) is 19.3 Å². The van der Waals surface area contributed by atoms with Crippen molar-refractivity contribution in [2.75, 3.05) is 19.8 Å². The minimum Gasteiger partial charge on any atom is -0.486 e. The highest BCUT2D eigenvalue weighted by atomic mass is 32.2. The number of aryl methyl sites for hydroxylation is 1. The molecule has 2 aliphatic rings. The standard InChI is InChI=1S/C23H28N2O5S/c1-16-6-9-19(10-7-16)31(27,28)25-12-4-3-5-20(25)23(26)24-17(2)18-8-11-21-22(15-18)30-14-13-29-21/h6-11,15,17,20H,3-5,12-14H2,1-2H3,(H,24,26)/t17-,20+/m1/s1. The fourth-order valence-electron chi connectivity index (χ4n) is 4.02. The third kappa shape index (κ3) is 4.55. The number of sulfonamides is 1. The summed E-state index contributed by atoms with van der Waals surface area (Å²) in [6.07, 6.45) is 2.06. The quantitative estimate of drug-likeness (QED) is 0.766. The molecule has 2 aliphatic heterocycles. The van der Waals surface area contributed by atoms with Crippen molar-refractivity contribution in [3.05, 3.63) is 53.6 Å². The summed E-state index contributed by atoms with van der Waals surface area (Å²) in [4.78, 5) is 13.4. The van der Waals surface area contributed by atoms with E-state index in [1.807, 2.05) is 32.0 Å². The van der Waals surface area contributed by atoms with E-state index in [1.165, 1.54) is 4.31 Å². The zero-order valence-corrected chi connectivity index (χ0v) is 18.7. The molecule has 0 saturated carbocycles. The number of fused-ring (bicyclic) bond motifs is 1. The molecule has 0 bridgehead atoms. The van der Waals surface area contributed by atoms with E-state index in [0.717, 1.165) is 24.0 Å². The Morgan fingerprint density at radius 3 is 2.52 bits per heavy atom. The number of rotatable bonds is 5. The molecular weight excluding hydrogens is 416 g/mol. The predicted octanol–water partition coefficient (Wildman–Crippen LogP) is 3.19. The Hall–Kier alpha value is -2.58. The SMILES string of the molecule is Cc1ccc(S(=O)(=O)N2CCCC[C@H]2C(=O)N[C@H](C)c2ccc3c(c2)OCCO3)cc1. The van der Waals surface area contributed by atoms with Crippen molar-refractivity contribution < 1.29 is 22.7 Å². The highest BCUT2D eigenvalue weighted by Crippen LogP contribution is 2.33. The van der Waals surface area contributed by atoms with E-state index < -0.39 is 16.1 Å². The number of hydrogen-bond donors (Lipinski definition) is 1. The van der Waals surface area contributed by atoms with Gasteiger partial charge in [0.05, 0.1) is 10.9 Å². The van der Waals surface area contributed by atoms with Crippen molar-refractivity contribution in [3.63, 3.8) is 0 Å². The fraction of sp³-hybridized carbons (Fsp3) is 0.435. The van der Waals surface area contributed by atoms with Gasteiger partial charge in [-0.2, -0.15) is 4.31 Å². The van der Waals surface area contributed by atoms with Gasteiger partial charge < -0.3 is 14.8 Å². The summed E-state index contributed by atoms with van der Waals surface area (Å²) in [7, 11) is -3.75. The third-order valence-electron chi connectivity index (χ3n) is 5.81. The minimum atomic E-state index is -3.75. The second kappa shape index (κ2) is 8.88. The van der Waals surface area contributed by atoms with Crippen LogP contribution in [0.15, 0.2) is 47.4 Å². The third-order valence-corrected chi connectivity index (χ3v) is 7.73. The average molecular weight is 445 g/mol. The van der Waals surface area contributed by atoms with Gasteiger partial charge in [0.25, 0.3) is 0 Å². The van der Waals surface area contributed by atoms with Gasteiger partial charge in [0.2, 0.25) is 15.9 Å². The first-order valence-corrected chi connectivity index (χ1v) is 12.1. The van der Waals surface area contributed by atoms with Crippen LogP contribution in [0.1, 0.15) is 43.4 Å². The predicted molar refractivity (Wildman–Crippen MR) is 117 cm³/mol. The second-order valence-electron chi connectivity index (χ2n) is 8.07. The number of carbonyl (C=O) groups is 1. The molecule has 2 aromatic carbocycles. The Kier molecular flexibility index (Phi) is 6.20. The smallest absolute Gasteiger partial charge is 0.243 e. The van der Waals surface area contributed by atoms with Crippen LogP contribution < -0.4 is 14.8 Å². The van der Waals surface area contributed by atoms with E-state index in [0.29, 0.717) is 37.7 Å². The monoisotopic (exact) mass is 444 g/mol. The lowest BCUT2D eigenvalue weighted by molar-refractivity contribution is -0.126. The Labute approximate surface area is 183 Å². The first-order valence-electron chi connectivity index (χ1n) is 10.6. The number of benzene rings is 2. The van der Waals surface area contributed by atoms with E-state index in [1.54, 1.807) is 24.3 Å². The molecule has 7 nitrogen and oxygen atoms in total. The first kappa shape index (κ1) is 21.6. The van der Waals surface area contributed by atoms with Crippen LogP contribution in [0.25, 0.3) is 0 Å². The zero-order chi connectivity index (χ0) is 22.0. The van der Waals surface area contributed by atoms with Crippen LogP contribution in [0.4, 0.5) is 0 Å². The number of amides is 1. The van der Waals surface area contributed by atoms with E-state index in [2.05, 4.69) is 5.32 Å². The van der Waals surface area contributed by atoms with Gasteiger partial charge >= 0.3 is 0 Å². The van der Waals surface area contributed by atoms with Crippen LogP contribution in [0.3, 0.4) is 0 Å². The molecule has 1 N–H and O–H groups in total. The van der Waals surface area contributed by atoms with Crippen molar-refractivity contribution in [2.45, 2.75) is 50.1 Å². The van der Waals surface area contributed by atoms with Gasteiger partial charge in [-0.3, -0.25) is 4.79 Å². The summed E-state index contributed by atoms with van der Waals surface area (Å²) in [5.74, 6) is 1.07. The summed E-state index contributed by atoms with van der Waals surface area (Å²) in [6.45, 7) is 5.14. The molecular formula is C23H28N2O5S. The lowest BCUT2D eigenvalue weighted by atomic mass is 10.0. The van der Waals surface area contributed by atoms with Crippen molar-refractivity contribution in [1.82, 2.24) is 9.62 Å². The van der Waals surface area contributed by atoms with Crippen molar-refractivity contribution >= 4 is 15.9 Å². The molecule has 1 saturated heterocycles. The lowest BCUT2D eigenvalue weighted by Gasteiger charge is -2.34. The maximum absolute atomic E-state index is 13.2. The van der Waals surface area contributed by atoms with E-state index in [-0.39, 0.29) is 16.8 Å². The Morgan fingerprint density at radius 2 is 1.77 bits per heavy atom. The molecule has 2 atom stereocenters. The summed E-state index contributed by atoms with van der Waals surface area (Å²) in [6, 6.07) is 11.3. The molecule has 4 rings (SSSR count). The van der Waals surface area contributed by atoms with Gasteiger partial charge in [0.15, 0.2) is 11.5 Å². The Bertz CT molecular complexity index is 1050. The molecule has 31 heavy (non-hydrogen) atoms. The summed E-state index contributed by atoms with van der Waals surface area (Å²) >= 11 is 0. The van der Waals surface area contributed by atoms with E-state index >= 15 is 0 Å². The maximum atomic E-state index is 13.2. The zero-order valence-electron chi connectivity index (χ0n) is 17.8. The van der Waals surface area contributed by atoms with Crippen LogP contribution >= 0.6 is 0 Å². The second-order valence-corrected chi connectivity index (χ2v) is 9.96. The largest absolute Gasteiger partial charge is 0.486 e. The molecule has 0 aromatic heterocycles. The minimum absolute atomic E-state index is 0.220. The van der Waals surface area contributed by atoms with Crippen LogP contribution in [0.2, 0.25) is 0 Å². The van der Waals surface area contributed by atoms with Crippen molar-refractivity contribution in [1.29, 1.82) is 0 Å². The molecule has 2 heterocycles. The molecule has 0 unspecified atom stereocenters. The van der Waals surface area contributed by atoms with Gasteiger partial charge in [-0.25, -0.2) is 8.42 Å². The highest BCUT2D eigenvalue weighted by molar-refractivity contribution is 7.89. The molecule has 8 heteroatoms. The number of nitrogens with one attached hydrogen (secondary N) is 1. The summed E-state index contributed by atoms with van der Waals surface area (Å²) in [5.41, 5.74) is 1.86. The molecule has 0 radical (unpaired) electrons. The number of nitrogens with zero attached hydrogens (tertiary/aromatic N) is 1. The first-order chi connectivity index (χ1) is 14.9. The van der Waals surface area contributed by atoms with Crippen LogP contribution in [-0.4, -0.2) is 44.4 Å². The van der Waals surface area contributed by atoms with Gasteiger partial charge in [-0.1, -0.05) is 30.2 Å².